The van der Waals surface area contributed by atoms with Crippen molar-refractivity contribution in [1.82, 2.24) is 15.5 Å². The second-order valence-corrected chi connectivity index (χ2v) is 4.68. The molecule has 18 heavy (non-hydrogen) atoms. The molecule has 0 amide bonds. The molecule has 2 aromatic rings. The summed E-state index contributed by atoms with van der Waals surface area (Å²) in [6, 6.07) is 7.94. The van der Waals surface area contributed by atoms with Gasteiger partial charge in [0, 0.05) is 12.1 Å². The number of rotatable bonds is 2. The maximum absolute atomic E-state index is 9.47. The average molecular weight is 245 g/mol. The van der Waals surface area contributed by atoms with Crippen LogP contribution in [0.1, 0.15) is 23.9 Å². The van der Waals surface area contributed by atoms with Crippen LogP contribution < -0.4 is 5.32 Å². The predicted molar refractivity (Wildman–Crippen MR) is 65.8 cm³/mol. The number of aryl methyl sites for hydroxylation is 1. The van der Waals surface area contributed by atoms with Crippen molar-refractivity contribution in [2.75, 3.05) is 6.54 Å². The maximum atomic E-state index is 9.47. The summed E-state index contributed by atoms with van der Waals surface area (Å²) in [6.45, 7) is 2.60. The Balaban J connectivity index is 1.85. The zero-order chi connectivity index (χ0) is 12.5. The van der Waals surface area contributed by atoms with Gasteiger partial charge in [-0.1, -0.05) is 28.9 Å². The lowest BCUT2D eigenvalue weighted by Gasteiger charge is -2.01. The zero-order valence-corrected chi connectivity index (χ0v) is 10.1. The molecule has 0 saturated carbocycles. The first kappa shape index (κ1) is 11.4. The molecule has 2 atom stereocenters. The largest absolute Gasteiger partial charge is 0.392 e. The Hall–Kier alpha value is -1.72. The molecule has 0 spiro atoms. The van der Waals surface area contributed by atoms with Gasteiger partial charge in [-0.25, -0.2) is 0 Å². The monoisotopic (exact) mass is 245 g/mol. The highest BCUT2D eigenvalue weighted by Gasteiger charge is 2.28. The van der Waals surface area contributed by atoms with Gasteiger partial charge >= 0.3 is 0 Å². The predicted octanol–water partition coefficient (Wildman–Crippen LogP) is 1.44. The average Bonchev–Trinajstić information content (AvgIpc) is 2.97. The van der Waals surface area contributed by atoms with Crippen molar-refractivity contribution in [3.05, 3.63) is 35.7 Å². The van der Waals surface area contributed by atoms with Crippen LogP contribution >= 0.6 is 0 Å². The van der Waals surface area contributed by atoms with Gasteiger partial charge in [0.05, 0.1) is 12.1 Å². The molecule has 5 heteroatoms. The van der Waals surface area contributed by atoms with E-state index in [9.17, 15) is 5.11 Å². The molecule has 0 bridgehead atoms. The van der Waals surface area contributed by atoms with Crippen LogP contribution in [0.3, 0.4) is 0 Å². The molecule has 2 N–H and O–H groups in total. The van der Waals surface area contributed by atoms with Crippen molar-refractivity contribution < 1.29 is 9.63 Å². The zero-order valence-electron chi connectivity index (χ0n) is 10.1. The Morgan fingerprint density at radius 1 is 1.44 bits per heavy atom. The van der Waals surface area contributed by atoms with Crippen LogP contribution in [0.25, 0.3) is 11.4 Å². The van der Waals surface area contributed by atoms with Crippen molar-refractivity contribution >= 4 is 0 Å². The van der Waals surface area contributed by atoms with Crippen LogP contribution in [0.5, 0.6) is 0 Å². The lowest BCUT2D eigenvalue weighted by atomic mass is 10.1. The van der Waals surface area contributed by atoms with E-state index in [0.717, 1.165) is 11.1 Å². The third-order valence-corrected chi connectivity index (χ3v) is 3.12. The lowest BCUT2D eigenvalue weighted by molar-refractivity contribution is 0.191. The van der Waals surface area contributed by atoms with Crippen molar-refractivity contribution in [2.45, 2.75) is 25.5 Å². The molecular formula is C13H15N3O2. The first-order chi connectivity index (χ1) is 8.72. The first-order valence-electron chi connectivity index (χ1n) is 6.04. The normalized spacial score (nSPS) is 23.4. The number of aliphatic hydroxyl groups excluding tert-OH is 1. The van der Waals surface area contributed by atoms with Crippen LogP contribution in [0.4, 0.5) is 0 Å². The van der Waals surface area contributed by atoms with Crippen molar-refractivity contribution in [3.63, 3.8) is 0 Å². The van der Waals surface area contributed by atoms with E-state index < -0.39 is 0 Å². The number of aliphatic hydroxyl groups is 1. The molecule has 1 aliphatic heterocycles. The molecule has 1 saturated heterocycles. The Labute approximate surface area is 105 Å². The number of nitrogens with zero attached hydrogens (tertiary/aromatic N) is 2. The number of hydrogen-bond donors (Lipinski definition) is 2. The Kier molecular flexibility index (Phi) is 2.85. The van der Waals surface area contributed by atoms with Crippen molar-refractivity contribution in [1.29, 1.82) is 0 Å². The fraction of sp³-hybridized carbons (Fsp3) is 0.385. The summed E-state index contributed by atoms with van der Waals surface area (Å²) >= 11 is 0. The van der Waals surface area contributed by atoms with Crippen LogP contribution in [0, 0.1) is 6.92 Å². The Morgan fingerprint density at radius 2 is 2.33 bits per heavy atom. The van der Waals surface area contributed by atoms with Crippen LogP contribution in [-0.2, 0) is 0 Å². The summed E-state index contributed by atoms with van der Waals surface area (Å²) in [5.41, 5.74) is 2.11. The molecule has 1 aromatic carbocycles. The third kappa shape index (κ3) is 2.14. The third-order valence-electron chi connectivity index (χ3n) is 3.12. The van der Waals surface area contributed by atoms with Gasteiger partial charge in [0.1, 0.15) is 0 Å². The highest BCUT2D eigenvalue weighted by atomic mass is 16.5. The minimum Gasteiger partial charge on any atom is -0.392 e. The molecule has 3 rings (SSSR count). The number of β-amino-alcohol motifs (C(OH)–C–C–N with tert-alkyl or cyclic N) is 1. The van der Waals surface area contributed by atoms with Gasteiger partial charge < -0.3 is 14.9 Å². The van der Waals surface area contributed by atoms with E-state index >= 15 is 0 Å². The molecular weight excluding hydrogens is 230 g/mol. The van der Waals surface area contributed by atoms with Crippen molar-refractivity contribution in [3.8, 4) is 11.4 Å². The lowest BCUT2D eigenvalue weighted by Crippen LogP contribution is -2.15. The minimum absolute atomic E-state index is 0.0361. The van der Waals surface area contributed by atoms with Gasteiger partial charge in [-0.2, -0.15) is 4.98 Å². The molecule has 94 valence electrons. The van der Waals surface area contributed by atoms with E-state index in [1.165, 1.54) is 0 Å². The van der Waals surface area contributed by atoms with Gasteiger partial charge in [0.25, 0.3) is 0 Å². The Morgan fingerprint density at radius 3 is 3.06 bits per heavy atom. The Bertz CT molecular complexity index is 553. The number of aromatic nitrogens is 2. The van der Waals surface area contributed by atoms with Gasteiger partial charge in [-0.3, -0.25) is 0 Å². The van der Waals surface area contributed by atoms with E-state index in [0.29, 0.717) is 24.7 Å². The summed E-state index contributed by atoms with van der Waals surface area (Å²) in [5.74, 6) is 1.14. The van der Waals surface area contributed by atoms with E-state index in [-0.39, 0.29) is 12.1 Å². The summed E-state index contributed by atoms with van der Waals surface area (Å²) < 4.78 is 5.26. The number of benzene rings is 1. The second kappa shape index (κ2) is 4.51. The van der Waals surface area contributed by atoms with E-state index in [2.05, 4.69) is 15.5 Å². The summed E-state index contributed by atoms with van der Waals surface area (Å²) in [6.07, 6.45) is 0.291. The van der Waals surface area contributed by atoms with Gasteiger partial charge in [0.15, 0.2) is 0 Å². The standard InChI is InChI=1S/C13H15N3O2/c1-8-3-2-4-9(5-8)12-15-13(18-16-12)11-6-10(17)7-14-11/h2-5,10-11,14,17H,6-7H2,1H3/t10-,11+/m1/s1. The molecule has 0 unspecified atom stereocenters. The van der Waals surface area contributed by atoms with Crippen molar-refractivity contribution in [2.24, 2.45) is 0 Å². The van der Waals surface area contributed by atoms with Crippen LogP contribution in [-0.4, -0.2) is 27.9 Å². The van der Waals surface area contributed by atoms with E-state index in [4.69, 9.17) is 4.52 Å². The highest BCUT2D eigenvalue weighted by molar-refractivity contribution is 5.55. The van der Waals surface area contributed by atoms with E-state index in [1.54, 1.807) is 0 Å². The second-order valence-electron chi connectivity index (χ2n) is 4.68. The summed E-state index contributed by atoms with van der Waals surface area (Å²) in [7, 11) is 0. The molecule has 0 radical (unpaired) electrons. The molecule has 1 fully saturated rings. The van der Waals surface area contributed by atoms with E-state index in [1.807, 2.05) is 31.2 Å². The topological polar surface area (TPSA) is 71.2 Å². The fourth-order valence-electron chi connectivity index (χ4n) is 2.18. The quantitative estimate of drug-likeness (QED) is 0.837. The van der Waals surface area contributed by atoms with Gasteiger partial charge in [0.2, 0.25) is 11.7 Å². The highest BCUT2D eigenvalue weighted by Crippen LogP contribution is 2.24. The first-order valence-corrected chi connectivity index (χ1v) is 6.04. The minimum atomic E-state index is -0.329. The summed E-state index contributed by atoms with van der Waals surface area (Å²) in [5, 5.41) is 16.6. The molecule has 0 aliphatic carbocycles. The number of nitrogens with one attached hydrogen (secondary N) is 1. The number of hydrogen-bond acceptors (Lipinski definition) is 5. The van der Waals surface area contributed by atoms with Gasteiger partial charge in [-0.15, -0.1) is 0 Å². The van der Waals surface area contributed by atoms with Crippen LogP contribution in [0.2, 0.25) is 0 Å². The maximum Gasteiger partial charge on any atom is 0.244 e. The smallest absolute Gasteiger partial charge is 0.244 e. The fourth-order valence-corrected chi connectivity index (χ4v) is 2.18. The van der Waals surface area contributed by atoms with Crippen LogP contribution in [0.15, 0.2) is 28.8 Å². The summed E-state index contributed by atoms with van der Waals surface area (Å²) in [4.78, 5) is 4.39. The molecule has 2 heterocycles. The molecule has 1 aliphatic rings. The molecule has 1 aromatic heterocycles. The molecule has 5 nitrogen and oxygen atoms in total. The van der Waals surface area contributed by atoms with Gasteiger partial charge in [-0.05, 0) is 19.4 Å². The SMILES string of the molecule is Cc1cccc(-c2noc([C@@H]3C[C@@H](O)CN3)n2)c1.